The van der Waals surface area contributed by atoms with Gasteiger partial charge in [0.25, 0.3) is 11.8 Å². The standard InChI is InChI=1S/C19H20N6O5S4/c1-7-9(21-8(2)34-7)3-4-31-11-6-32-17-13(16(27)25(17)14(11)18(28)29)23-15(26)12(24-30)10-5-33-19(20)22-10/h5,13,17,30H,3-4,6H2,1-2H3,(H2,20,22)(H,23,26)(H,28,29)/b24-12-/t13-,17-/m1/s1. The highest BCUT2D eigenvalue weighted by molar-refractivity contribution is 8.06. The number of aliphatic carboxylic acids is 1. The zero-order valence-electron chi connectivity index (χ0n) is 18.0. The van der Waals surface area contributed by atoms with E-state index in [1.807, 2.05) is 13.8 Å². The number of nitrogens with one attached hydrogen (secondary N) is 1. The van der Waals surface area contributed by atoms with Crippen LogP contribution in [0, 0.1) is 13.8 Å². The van der Waals surface area contributed by atoms with Crippen molar-refractivity contribution in [1.82, 2.24) is 20.2 Å². The van der Waals surface area contributed by atoms with Crippen molar-refractivity contribution < 1.29 is 24.7 Å². The van der Waals surface area contributed by atoms with Gasteiger partial charge >= 0.3 is 5.97 Å². The fourth-order valence-electron chi connectivity index (χ4n) is 3.60. The van der Waals surface area contributed by atoms with Crippen LogP contribution in [0.1, 0.15) is 21.3 Å². The zero-order valence-corrected chi connectivity index (χ0v) is 21.2. The molecule has 5 N–H and O–H groups in total. The first-order valence-electron chi connectivity index (χ1n) is 9.92. The van der Waals surface area contributed by atoms with Crippen LogP contribution in [0.25, 0.3) is 0 Å². The lowest BCUT2D eigenvalue weighted by Crippen LogP contribution is -2.71. The Morgan fingerprint density at radius 1 is 1.38 bits per heavy atom. The molecule has 15 heteroatoms. The SMILES string of the molecule is Cc1nc(CCSC2=C(C(=O)O)N3C(=O)[C@@H](NC(=O)/C(=N\O)c4csc(N)n4)[C@H]3SC2)c(C)s1. The highest BCUT2D eigenvalue weighted by Gasteiger charge is 2.54. The van der Waals surface area contributed by atoms with Crippen LogP contribution in [-0.2, 0) is 20.8 Å². The molecule has 0 aromatic carbocycles. The van der Waals surface area contributed by atoms with Gasteiger partial charge in [0.05, 0.1) is 10.7 Å². The number of nitrogens with zero attached hydrogens (tertiary/aromatic N) is 4. The molecule has 0 spiro atoms. The van der Waals surface area contributed by atoms with Gasteiger partial charge in [0.15, 0.2) is 10.8 Å². The van der Waals surface area contributed by atoms with Crippen molar-refractivity contribution in [2.24, 2.45) is 5.16 Å². The van der Waals surface area contributed by atoms with Gasteiger partial charge in [-0.25, -0.2) is 14.8 Å². The second-order valence-corrected chi connectivity index (χ2v) is 11.9. The van der Waals surface area contributed by atoms with Gasteiger partial charge in [0.2, 0.25) is 0 Å². The van der Waals surface area contributed by atoms with Crippen molar-refractivity contribution in [3.05, 3.63) is 37.3 Å². The normalized spacial score (nSPS) is 20.2. The summed E-state index contributed by atoms with van der Waals surface area (Å²) in [4.78, 5) is 48.8. The fourth-order valence-corrected chi connectivity index (χ4v) is 7.60. The van der Waals surface area contributed by atoms with Gasteiger partial charge in [0.1, 0.15) is 22.8 Å². The van der Waals surface area contributed by atoms with E-state index in [-0.39, 0.29) is 22.2 Å². The maximum absolute atomic E-state index is 12.8. The molecule has 0 unspecified atom stereocenters. The first-order valence-corrected chi connectivity index (χ1v) is 13.7. The van der Waals surface area contributed by atoms with Gasteiger partial charge in [0, 0.05) is 33.1 Å². The summed E-state index contributed by atoms with van der Waals surface area (Å²) in [6, 6.07) is -0.952. The number of nitrogen functional groups attached to an aromatic ring is 1. The van der Waals surface area contributed by atoms with Crippen LogP contribution in [0.15, 0.2) is 21.1 Å². The van der Waals surface area contributed by atoms with Crippen molar-refractivity contribution in [2.45, 2.75) is 31.7 Å². The number of thioether (sulfide) groups is 2. The lowest BCUT2D eigenvalue weighted by molar-refractivity contribution is -0.150. The Kier molecular flexibility index (Phi) is 7.16. The molecule has 2 atom stereocenters. The smallest absolute Gasteiger partial charge is 0.353 e. The molecule has 11 nitrogen and oxygen atoms in total. The first kappa shape index (κ1) is 24.5. The van der Waals surface area contributed by atoms with E-state index in [4.69, 9.17) is 5.73 Å². The Balaban J connectivity index is 1.44. The van der Waals surface area contributed by atoms with Gasteiger partial charge in [-0.3, -0.25) is 14.5 Å². The van der Waals surface area contributed by atoms with Crippen LogP contribution < -0.4 is 11.1 Å². The number of thiazole rings is 2. The number of anilines is 1. The number of fused-ring (bicyclic) bond motifs is 1. The van der Waals surface area contributed by atoms with E-state index < -0.39 is 29.2 Å². The minimum atomic E-state index is -1.19. The Morgan fingerprint density at radius 2 is 2.15 bits per heavy atom. The maximum atomic E-state index is 12.8. The Bertz CT molecular complexity index is 1220. The highest BCUT2D eigenvalue weighted by Crippen LogP contribution is 2.43. The number of amides is 2. The van der Waals surface area contributed by atoms with Gasteiger partial charge < -0.3 is 21.4 Å². The molecule has 4 rings (SSSR count). The third kappa shape index (κ3) is 4.64. The van der Waals surface area contributed by atoms with Crippen molar-refractivity contribution in [2.75, 3.05) is 17.2 Å². The second kappa shape index (κ2) is 9.93. The molecule has 2 aromatic heterocycles. The number of carboxylic acids is 1. The second-order valence-electron chi connectivity index (χ2n) is 7.29. The number of rotatable bonds is 8. The fraction of sp³-hybridized carbons (Fsp3) is 0.368. The first-order chi connectivity index (χ1) is 16.2. The number of aromatic nitrogens is 2. The van der Waals surface area contributed by atoms with Gasteiger partial charge in [-0.05, 0) is 13.8 Å². The van der Waals surface area contributed by atoms with Crippen molar-refractivity contribution in [1.29, 1.82) is 0 Å². The number of aryl methyl sites for hydroxylation is 3. The summed E-state index contributed by atoms with van der Waals surface area (Å²) in [5.74, 6) is -1.51. The number of oxime groups is 1. The molecule has 0 aliphatic carbocycles. The number of nitrogens with two attached hydrogens (primary N) is 1. The van der Waals surface area contributed by atoms with Crippen LogP contribution in [0.3, 0.4) is 0 Å². The Labute approximate surface area is 210 Å². The van der Waals surface area contributed by atoms with Gasteiger partial charge in [-0.1, -0.05) is 5.16 Å². The summed E-state index contributed by atoms with van der Waals surface area (Å²) in [5, 5.41) is 26.6. The molecular weight excluding hydrogens is 521 g/mol. The van der Waals surface area contributed by atoms with Crippen molar-refractivity contribution in [3.63, 3.8) is 0 Å². The number of β-lactam (4-membered cyclic amide) rings is 1. The predicted octanol–water partition coefficient (Wildman–Crippen LogP) is 1.65. The van der Waals surface area contributed by atoms with E-state index in [1.165, 1.54) is 33.8 Å². The minimum absolute atomic E-state index is 0.0567. The highest BCUT2D eigenvalue weighted by atomic mass is 32.2. The maximum Gasteiger partial charge on any atom is 0.353 e. The zero-order chi connectivity index (χ0) is 24.6. The number of carboxylic acid groups (broad SMARTS) is 1. The van der Waals surface area contributed by atoms with E-state index in [0.29, 0.717) is 22.8 Å². The summed E-state index contributed by atoms with van der Waals surface area (Å²) in [6.07, 6.45) is 0.697. The third-order valence-corrected chi connectivity index (χ3v) is 9.28. The molecule has 1 saturated heterocycles. The molecule has 2 amide bonds. The van der Waals surface area contributed by atoms with Crippen molar-refractivity contribution >= 4 is 74.8 Å². The molecule has 1 fully saturated rings. The minimum Gasteiger partial charge on any atom is -0.477 e. The quantitative estimate of drug-likeness (QED) is 0.167. The van der Waals surface area contributed by atoms with E-state index in [2.05, 4.69) is 20.4 Å². The number of hydrogen-bond donors (Lipinski definition) is 4. The van der Waals surface area contributed by atoms with Crippen LogP contribution >= 0.6 is 46.2 Å². The van der Waals surface area contributed by atoms with Gasteiger partial charge in [-0.15, -0.1) is 46.2 Å². The summed E-state index contributed by atoms with van der Waals surface area (Å²) in [7, 11) is 0. The summed E-state index contributed by atoms with van der Waals surface area (Å²) < 4.78 is 0. The molecule has 34 heavy (non-hydrogen) atoms. The number of hydrogen-bond acceptors (Lipinski definition) is 12. The third-order valence-electron chi connectivity index (χ3n) is 5.12. The van der Waals surface area contributed by atoms with Crippen LogP contribution in [0.2, 0.25) is 0 Å². The molecule has 0 radical (unpaired) electrons. The van der Waals surface area contributed by atoms with Crippen molar-refractivity contribution in [3.8, 4) is 0 Å². The lowest BCUT2D eigenvalue weighted by Gasteiger charge is -2.49. The number of carbonyl (C=O) groups is 3. The lowest BCUT2D eigenvalue weighted by atomic mass is 10.0. The van der Waals surface area contributed by atoms with E-state index >= 15 is 0 Å². The topological polar surface area (TPSA) is 171 Å². The summed E-state index contributed by atoms with van der Waals surface area (Å²) in [5.41, 5.74) is 6.21. The number of carbonyl (C=O) groups excluding carboxylic acids is 2. The largest absolute Gasteiger partial charge is 0.477 e. The molecule has 2 aliphatic rings. The monoisotopic (exact) mass is 540 g/mol. The molecule has 2 aromatic rings. The van der Waals surface area contributed by atoms with Crippen LogP contribution in [-0.4, -0.2) is 71.6 Å². The summed E-state index contributed by atoms with van der Waals surface area (Å²) in [6.45, 7) is 3.96. The molecule has 180 valence electrons. The Hall–Kier alpha value is -2.62. The van der Waals surface area contributed by atoms with E-state index in [9.17, 15) is 24.7 Å². The molecule has 0 saturated carbocycles. The van der Waals surface area contributed by atoms with Crippen LogP contribution in [0.5, 0.6) is 0 Å². The van der Waals surface area contributed by atoms with E-state index in [0.717, 1.165) is 26.9 Å². The molecular formula is C19H20N6O5S4. The van der Waals surface area contributed by atoms with Crippen LogP contribution in [0.4, 0.5) is 5.13 Å². The molecule has 0 bridgehead atoms. The predicted molar refractivity (Wildman–Crippen MR) is 132 cm³/mol. The average Bonchev–Trinajstić information content (AvgIpc) is 3.35. The average molecular weight is 541 g/mol. The Morgan fingerprint density at radius 3 is 2.74 bits per heavy atom. The summed E-state index contributed by atoms with van der Waals surface area (Å²) >= 11 is 5.47. The molecule has 2 aliphatic heterocycles. The van der Waals surface area contributed by atoms with E-state index in [1.54, 1.807) is 11.3 Å². The van der Waals surface area contributed by atoms with Gasteiger partial charge in [-0.2, -0.15) is 0 Å². The molecule has 4 heterocycles.